The molecule has 0 aliphatic heterocycles. The number of nitrogens with one attached hydrogen (secondary N) is 1. The van der Waals surface area contributed by atoms with E-state index in [1.54, 1.807) is 13.8 Å². The molecule has 88 valence electrons. The lowest BCUT2D eigenvalue weighted by Gasteiger charge is -2.09. The number of rotatable bonds is 3. The number of nitrogen functional groups attached to an aromatic ring is 1. The second-order valence-corrected chi connectivity index (χ2v) is 3.73. The molecule has 0 radical (unpaired) electrons. The SMILES string of the molecule is Cc1c(N)cc(C(=O)NC[C@@H](C)O)cc1F. The Morgan fingerprint density at radius 1 is 1.62 bits per heavy atom. The Morgan fingerprint density at radius 3 is 2.75 bits per heavy atom. The first kappa shape index (κ1) is 12.4. The van der Waals surface area contributed by atoms with Gasteiger partial charge in [0.05, 0.1) is 6.10 Å². The molecule has 0 aromatic heterocycles. The predicted octanol–water partition coefficient (Wildman–Crippen LogP) is 0.827. The number of anilines is 1. The number of carbonyl (C=O) groups is 1. The maximum absolute atomic E-state index is 13.3. The number of aliphatic hydroxyl groups excluding tert-OH is 1. The normalized spacial score (nSPS) is 12.2. The van der Waals surface area contributed by atoms with Crippen LogP contribution < -0.4 is 11.1 Å². The van der Waals surface area contributed by atoms with E-state index in [2.05, 4.69) is 5.32 Å². The zero-order valence-corrected chi connectivity index (χ0v) is 9.25. The lowest BCUT2D eigenvalue weighted by atomic mass is 10.1. The standard InChI is InChI=1S/C11H15FN2O2/c1-6(15)5-14-11(16)8-3-9(12)7(2)10(13)4-8/h3-4,6,15H,5,13H2,1-2H3,(H,14,16)/t6-/m1/s1. The van der Waals surface area contributed by atoms with Gasteiger partial charge in [0.1, 0.15) is 5.82 Å². The maximum atomic E-state index is 13.3. The number of hydrogen-bond donors (Lipinski definition) is 3. The monoisotopic (exact) mass is 226 g/mol. The topological polar surface area (TPSA) is 75.4 Å². The first-order valence-electron chi connectivity index (χ1n) is 4.93. The van der Waals surface area contributed by atoms with Gasteiger partial charge >= 0.3 is 0 Å². The van der Waals surface area contributed by atoms with Gasteiger partial charge in [0.2, 0.25) is 0 Å². The molecule has 1 rings (SSSR count). The molecule has 0 aliphatic carbocycles. The first-order valence-corrected chi connectivity index (χ1v) is 4.93. The van der Waals surface area contributed by atoms with Crippen LogP contribution >= 0.6 is 0 Å². The lowest BCUT2D eigenvalue weighted by Crippen LogP contribution is -2.30. The Kier molecular flexibility index (Phi) is 3.84. The van der Waals surface area contributed by atoms with Crippen molar-refractivity contribution in [1.82, 2.24) is 5.32 Å². The molecule has 1 atom stereocenters. The summed E-state index contributed by atoms with van der Waals surface area (Å²) in [4.78, 5) is 11.5. The molecule has 0 saturated carbocycles. The molecule has 1 aromatic carbocycles. The van der Waals surface area contributed by atoms with Crippen LogP contribution in [0.3, 0.4) is 0 Å². The molecule has 1 aromatic rings. The zero-order valence-electron chi connectivity index (χ0n) is 9.25. The van der Waals surface area contributed by atoms with Gasteiger partial charge < -0.3 is 16.2 Å². The van der Waals surface area contributed by atoms with Crippen LogP contribution in [-0.2, 0) is 0 Å². The smallest absolute Gasteiger partial charge is 0.251 e. The average molecular weight is 226 g/mol. The van der Waals surface area contributed by atoms with Gasteiger partial charge in [0, 0.05) is 23.4 Å². The van der Waals surface area contributed by atoms with E-state index in [1.807, 2.05) is 0 Å². The fourth-order valence-electron chi connectivity index (χ4n) is 1.17. The Bertz CT molecular complexity index is 382. The number of aliphatic hydroxyl groups is 1. The second kappa shape index (κ2) is 4.94. The Morgan fingerprint density at radius 2 is 2.25 bits per heavy atom. The van der Waals surface area contributed by atoms with E-state index in [0.29, 0.717) is 5.56 Å². The molecule has 0 aliphatic rings. The summed E-state index contributed by atoms with van der Waals surface area (Å²) in [6, 6.07) is 2.54. The summed E-state index contributed by atoms with van der Waals surface area (Å²) >= 11 is 0. The summed E-state index contributed by atoms with van der Waals surface area (Å²) in [7, 11) is 0. The highest BCUT2D eigenvalue weighted by molar-refractivity contribution is 5.95. The zero-order chi connectivity index (χ0) is 12.3. The van der Waals surface area contributed by atoms with Crippen molar-refractivity contribution in [3.8, 4) is 0 Å². The summed E-state index contributed by atoms with van der Waals surface area (Å²) in [6.45, 7) is 3.21. The van der Waals surface area contributed by atoms with Crippen LogP contribution in [-0.4, -0.2) is 23.7 Å². The fourth-order valence-corrected chi connectivity index (χ4v) is 1.17. The van der Waals surface area contributed by atoms with Crippen molar-refractivity contribution < 1.29 is 14.3 Å². The van der Waals surface area contributed by atoms with E-state index in [-0.39, 0.29) is 17.8 Å². The molecule has 0 saturated heterocycles. The highest BCUT2D eigenvalue weighted by atomic mass is 19.1. The van der Waals surface area contributed by atoms with Crippen LogP contribution in [0, 0.1) is 12.7 Å². The molecule has 0 spiro atoms. The number of halogens is 1. The third-order valence-corrected chi connectivity index (χ3v) is 2.20. The van der Waals surface area contributed by atoms with Crippen LogP contribution in [0.5, 0.6) is 0 Å². The highest BCUT2D eigenvalue weighted by Crippen LogP contribution is 2.17. The third-order valence-electron chi connectivity index (χ3n) is 2.20. The number of carbonyl (C=O) groups excluding carboxylic acids is 1. The maximum Gasteiger partial charge on any atom is 0.251 e. The molecular weight excluding hydrogens is 211 g/mol. The van der Waals surface area contributed by atoms with Crippen molar-refractivity contribution in [2.45, 2.75) is 20.0 Å². The van der Waals surface area contributed by atoms with E-state index in [4.69, 9.17) is 10.8 Å². The van der Waals surface area contributed by atoms with Crippen molar-refractivity contribution in [1.29, 1.82) is 0 Å². The molecule has 0 heterocycles. The van der Waals surface area contributed by atoms with Gasteiger partial charge in [-0.2, -0.15) is 0 Å². The Balaban J connectivity index is 2.84. The van der Waals surface area contributed by atoms with E-state index in [1.165, 1.54) is 6.07 Å². The van der Waals surface area contributed by atoms with Crippen LogP contribution in [0.2, 0.25) is 0 Å². The van der Waals surface area contributed by atoms with Crippen molar-refractivity contribution >= 4 is 11.6 Å². The summed E-state index contributed by atoms with van der Waals surface area (Å²) in [6.07, 6.45) is -0.642. The average Bonchev–Trinajstić information content (AvgIpc) is 2.21. The van der Waals surface area contributed by atoms with Gasteiger partial charge in [-0.05, 0) is 26.0 Å². The summed E-state index contributed by atoms with van der Waals surface area (Å²) in [5.41, 5.74) is 6.26. The van der Waals surface area contributed by atoms with Crippen molar-refractivity contribution in [3.63, 3.8) is 0 Å². The van der Waals surface area contributed by atoms with E-state index >= 15 is 0 Å². The van der Waals surface area contributed by atoms with Crippen LogP contribution in [0.4, 0.5) is 10.1 Å². The number of benzene rings is 1. The largest absolute Gasteiger partial charge is 0.398 e. The predicted molar refractivity (Wildman–Crippen MR) is 59.6 cm³/mol. The molecule has 4 N–H and O–H groups in total. The van der Waals surface area contributed by atoms with Crippen LogP contribution in [0.25, 0.3) is 0 Å². The molecule has 1 amide bonds. The van der Waals surface area contributed by atoms with Crippen LogP contribution in [0.15, 0.2) is 12.1 Å². The van der Waals surface area contributed by atoms with Crippen molar-refractivity contribution in [2.24, 2.45) is 0 Å². The van der Waals surface area contributed by atoms with Crippen LogP contribution in [0.1, 0.15) is 22.8 Å². The lowest BCUT2D eigenvalue weighted by molar-refractivity contribution is 0.0923. The molecular formula is C11H15FN2O2. The minimum atomic E-state index is -0.642. The first-order chi connectivity index (χ1) is 7.41. The molecule has 16 heavy (non-hydrogen) atoms. The van der Waals surface area contributed by atoms with E-state index in [0.717, 1.165) is 6.07 Å². The minimum absolute atomic E-state index is 0.119. The molecule has 0 bridgehead atoms. The van der Waals surface area contributed by atoms with E-state index in [9.17, 15) is 9.18 Å². The summed E-state index contributed by atoms with van der Waals surface area (Å²) < 4.78 is 13.3. The Labute approximate surface area is 93.3 Å². The quantitative estimate of drug-likeness (QED) is 0.668. The van der Waals surface area contributed by atoms with Crippen molar-refractivity contribution in [2.75, 3.05) is 12.3 Å². The summed E-state index contributed by atoms with van der Waals surface area (Å²) in [5, 5.41) is 11.4. The van der Waals surface area contributed by atoms with Crippen molar-refractivity contribution in [3.05, 3.63) is 29.1 Å². The number of nitrogens with two attached hydrogens (primary N) is 1. The second-order valence-electron chi connectivity index (χ2n) is 3.73. The summed E-state index contributed by atoms with van der Waals surface area (Å²) in [5.74, 6) is -0.964. The van der Waals surface area contributed by atoms with E-state index < -0.39 is 17.8 Å². The fraction of sp³-hybridized carbons (Fsp3) is 0.364. The van der Waals surface area contributed by atoms with Gasteiger partial charge in [0.25, 0.3) is 5.91 Å². The Hall–Kier alpha value is -1.62. The minimum Gasteiger partial charge on any atom is -0.398 e. The molecule has 5 heteroatoms. The molecule has 4 nitrogen and oxygen atoms in total. The molecule has 0 unspecified atom stereocenters. The van der Waals surface area contributed by atoms with Gasteiger partial charge in [-0.25, -0.2) is 4.39 Å². The highest BCUT2D eigenvalue weighted by Gasteiger charge is 2.11. The third kappa shape index (κ3) is 2.93. The van der Waals surface area contributed by atoms with Gasteiger partial charge in [0.15, 0.2) is 0 Å². The van der Waals surface area contributed by atoms with Gasteiger partial charge in [-0.1, -0.05) is 0 Å². The van der Waals surface area contributed by atoms with Gasteiger partial charge in [-0.3, -0.25) is 4.79 Å². The van der Waals surface area contributed by atoms with Gasteiger partial charge in [-0.15, -0.1) is 0 Å². The number of hydrogen-bond acceptors (Lipinski definition) is 3. The number of amides is 1. The molecule has 0 fully saturated rings.